The first-order valence-electron chi connectivity index (χ1n) is 9.42. The van der Waals surface area contributed by atoms with Crippen LogP contribution >= 0.6 is 11.8 Å². The first-order chi connectivity index (χ1) is 13.2. The molecule has 0 unspecified atom stereocenters. The molecule has 1 N–H and O–H groups in total. The van der Waals surface area contributed by atoms with Crippen molar-refractivity contribution in [3.8, 4) is 6.07 Å². The number of likely N-dealkylation sites (N-methyl/N-ethyl adjacent to an activating group) is 1. The molecule has 150 valence electrons. The smallest absolute Gasteiger partial charge is 0.408 e. The molecule has 1 saturated heterocycles. The van der Waals surface area contributed by atoms with E-state index in [1.54, 1.807) is 33.9 Å². The van der Waals surface area contributed by atoms with E-state index in [2.05, 4.69) is 16.3 Å². The number of nitriles is 1. The number of alkyl carbamates (subject to hydrolysis) is 1. The summed E-state index contributed by atoms with van der Waals surface area (Å²) in [5.41, 5.74) is 1.56. The van der Waals surface area contributed by atoms with Crippen molar-refractivity contribution in [2.75, 3.05) is 35.7 Å². The summed E-state index contributed by atoms with van der Waals surface area (Å²) in [6.45, 7) is 7.22. The zero-order valence-electron chi connectivity index (χ0n) is 16.7. The number of nitrogens with zero attached hydrogens (tertiary/aromatic N) is 3. The quantitative estimate of drug-likeness (QED) is 0.818. The predicted octanol–water partition coefficient (Wildman–Crippen LogP) is 3.12. The lowest BCUT2D eigenvalue weighted by molar-refractivity contribution is -0.119. The number of benzene rings is 1. The molecule has 3 rings (SSSR count). The topological polar surface area (TPSA) is 85.7 Å². The molecule has 2 aliphatic rings. The Bertz CT molecular complexity index is 822. The van der Waals surface area contributed by atoms with Crippen LogP contribution in [0.5, 0.6) is 0 Å². The van der Waals surface area contributed by atoms with Gasteiger partial charge in [-0.2, -0.15) is 5.26 Å². The molecule has 1 fully saturated rings. The van der Waals surface area contributed by atoms with Gasteiger partial charge < -0.3 is 19.9 Å². The lowest BCUT2D eigenvalue weighted by Crippen LogP contribution is -2.49. The van der Waals surface area contributed by atoms with Gasteiger partial charge in [0.05, 0.1) is 16.9 Å². The minimum absolute atomic E-state index is 0.227. The van der Waals surface area contributed by atoms with Crippen molar-refractivity contribution in [2.24, 2.45) is 0 Å². The third-order valence-electron chi connectivity index (χ3n) is 4.73. The first-order valence-corrected chi connectivity index (χ1v) is 10.4. The average molecular weight is 403 g/mol. The fourth-order valence-electron chi connectivity index (χ4n) is 3.39. The lowest BCUT2D eigenvalue weighted by Gasteiger charge is -2.25. The molecule has 7 nitrogen and oxygen atoms in total. The molecule has 28 heavy (non-hydrogen) atoms. The number of carbonyl (C=O) groups is 2. The summed E-state index contributed by atoms with van der Waals surface area (Å²) in [6, 6.07) is 5.36. The van der Waals surface area contributed by atoms with E-state index >= 15 is 0 Å². The van der Waals surface area contributed by atoms with Crippen molar-refractivity contribution in [3.05, 3.63) is 17.7 Å². The number of thioether (sulfide) groups is 1. The van der Waals surface area contributed by atoms with E-state index in [1.807, 2.05) is 6.07 Å². The number of nitrogens with one attached hydrogen (secondary N) is 1. The van der Waals surface area contributed by atoms with Gasteiger partial charge in [-0.05, 0) is 45.7 Å². The van der Waals surface area contributed by atoms with Gasteiger partial charge in [0.15, 0.2) is 0 Å². The van der Waals surface area contributed by atoms with Gasteiger partial charge in [0.2, 0.25) is 5.91 Å². The molecular formula is C20H26N4O3S. The van der Waals surface area contributed by atoms with Gasteiger partial charge >= 0.3 is 6.09 Å². The molecule has 8 heteroatoms. The highest BCUT2D eigenvalue weighted by Gasteiger charge is 2.32. The maximum Gasteiger partial charge on any atom is 0.408 e. The van der Waals surface area contributed by atoms with Crippen LogP contribution in [0.25, 0.3) is 0 Å². The molecule has 2 heterocycles. The summed E-state index contributed by atoms with van der Waals surface area (Å²) in [7, 11) is 1.67. The van der Waals surface area contributed by atoms with Gasteiger partial charge in [-0.25, -0.2) is 4.79 Å². The highest BCUT2D eigenvalue weighted by molar-refractivity contribution is 7.99. The van der Waals surface area contributed by atoms with Crippen molar-refractivity contribution in [3.63, 3.8) is 0 Å². The Kier molecular flexibility index (Phi) is 5.75. The van der Waals surface area contributed by atoms with Crippen LogP contribution in [0, 0.1) is 11.3 Å². The number of amides is 2. The standard InChI is InChI=1S/C20H26N4O3S/c1-20(2,3)27-19(26)22-14-12-28-17-10-15(24-7-5-6-8-24)13(11-21)9-16(17)23(4)18(14)25/h9-10,14H,5-8,12H2,1-4H3,(H,22,26)/t14-/m0/s1. The SMILES string of the molecule is CN1C(=O)[C@@H](NC(=O)OC(C)(C)C)CSc2cc(N3CCCC3)c(C#N)cc21. The molecule has 1 aromatic carbocycles. The molecule has 0 aliphatic carbocycles. The van der Waals surface area contributed by atoms with E-state index in [0.717, 1.165) is 36.5 Å². The summed E-state index contributed by atoms with van der Waals surface area (Å²) in [4.78, 5) is 29.7. The number of hydrogen-bond acceptors (Lipinski definition) is 6. The van der Waals surface area contributed by atoms with Gasteiger partial charge in [0.25, 0.3) is 0 Å². The van der Waals surface area contributed by atoms with E-state index in [-0.39, 0.29) is 5.91 Å². The first kappa shape index (κ1) is 20.3. The summed E-state index contributed by atoms with van der Waals surface area (Å²) < 4.78 is 5.29. The van der Waals surface area contributed by atoms with Crippen molar-refractivity contribution in [1.29, 1.82) is 5.26 Å². The van der Waals surface area contributed by atoms with E-state index in [1.165, 1.54) is 16.7 Å². The maximum absolute atomic E-state index is 12.9. The Balaban J connectivity index is 1.85. The van der Waals surface area contributed by atoms with Gasteiger partial charge in [-0.15, -0.1) is 11.8 Å². The number of rotatable bonds is 2. The summed E-state index contributed by atoms with van der Waals surface area (Å²) >= 11 is 1.51. The zero-order valence-corrected chi connectivity index (χ0v) is 17.6. The Morgan fingerprint density at radius 3 is 2.57 bits per heavy atom. The lowest BCUT2D eigenvalue weighted by atomic mass is 10.1. The van der Waals surface area contributed by atoms with Crippen molar-refractivity contribution in [2.45, 2.75) is 50.2 Å². The molecule has 0 spiro atoms. The fraction of sp³-hybridized carbons (Fsp3) is 0.550. The minimum atomic E-state index is -0.696. The minimum Gasteiger partial charge on any atom is -0.444 e. The van der Waals surface area contributed by atoms with E-state index in [9.17, 15) is 14.9 Å². The highest BCUT2D eigenvalue weighted by atomic mass is 32.2. The normalized spacial score (nSPS) is 19.7. The van der Waals surface area contributed by atoms with Crippen LogP contribution in [-0.4, -0.2) is 49.5 Å². The van der Waals surface area contributed by atoms with Crippen LogP contribution in [0.3, 0.4) is 0 Å². The van der Waals surface area contributed by atoms with Gasteiger partial charge in [0.1, 0.15) is 17.7 Å². The molecule has 0 aromatic heterocycles. The fourth-order valence-corrected chi connectivity index (χ4v) is 4.51. The van der Waals surface area contributed by atoms with Gasteiger partial charge in [-0.1, -0.05) is 0 Å². The summed E-state index contributed by atoms with van der Waals surface area (Å²) in [5, 5.41) is 12.3. The third kappa shape index (κ3) is 4.36. The molecule has 1 aromatic rings. The predicted molar refractivity (Wildman–Crippen MR) is 110 cm³/mol. The number of fused-ring (bicyclic) bond motifs is 1. The molecule has 1 atom stereocenters. The highest BCUT2D eigenvalue weighted by Crippen LogP contribution is 2.39. The van der Waals surface area contributed by atoms with Crippen LogP contribution in [0.15, 0.2) is 17.0 Å². The second-order valence-corrected chi connectivity index (χ2v) is 9.11. The number of anilines is 2. The van der Waals surface area contributed by atoms with Crippen LogP contribution in [0.2, 0.25) is 0 Å². The Hall–Kier alpha value is -2.40. The number of hydrogen-bond donors (Lipinski definition) is 1. The average Bonchev–Trinajstić information content (AvgIpc) is 3.12. The van der Waals surface area contributed by atoms with E-state index in [0.29, 0.717) is 17.0 Å². The monoisotopic (exact) mass is 402 g/mol. The molecule has 0 bridgehead atoms. The largest absolute Gasteiger partial charge is 0.444 e. The third-order valence-corrected chi connectivity index (χ3v) is 5.87. The second-order valence-electron chi connectivity index (χ2n) is 8.05. The van der Waals surface area contributed by atoms with Crippen LogP contribution in [-0.2, 0) is 9.53 Å². The Labute approximate surface area is 170 Å². The number of ether oxygens (including phenoxy) is 1. The molecule has 0 saturated carbocycles. The van der Waals surface area contributed by atoms with Crippen molar-refractivity contribution >= 4 is 35.1 Å². The molecular weight excluding hydrogens is 376 g/mol. The Morgan fingerprint density at radius 1 is 1.29 bits per heavy atom. The molecule has 2 aliphatic heterocycles. The van der Waals surface area contributed by atoms with E-state index < -0.39 is 17.7 Å². The van der Waals surface area contributed by atoms with Crippen molar-refractivity contribution in [1.82, 2.24) is 5.32 Å². The number of carbonyl (C=O) groups excluding carboxylic acids is 2. The van der Waals surface area contributed by atoms with Gasteiger partial charge in [0, 0.05) is 30.8 Å². The Morgan fingerprint density at radius 2 is 1.96 bits per heavy atom. The van der Waals surface area contributed by atoms with E-state index in [4.69, 9.17) is 4.74 Å². The maximum atomic E-state index is 12.9. The summed E-state index contributed by atoms with van der Waals surface area (Å²) in [5.74, 6) is 0.177. The van der Waals surface area contributed by atoms with Crippen LogP contribution in [0.1, 0.15) is 39.2 Å². The van der Waals surface area contributed by atoms with Crippen LogP contribution < -0.4 is 15.1 Å². The zero-order chi connectivity index (χ0) is 20.5. The molecule has 2 amide bonds. The molecule has 0 radical (unpaired) electrons. The van der Waals surface area contributed by atoms with Crippen molar-refractivity contribution < 1.29 is 14.3 Å². The van der Waals surface area contributed by atoms with Gasteiger partial charge in [-0.3, -0.25) is 4.79 Å². The summed E-state index contributed by atoms with van der Waals surface area (Å²) in [6.07, 6.45) is 1.63. The van der Waals surface area contributed by atoms with Crippen LogP contribution in [0.4, 0.5) is 16.2 Å². The second kappa shape index (κ2) is 7.92.